The zero-order chi connectivity index (χ0) is 20.2. The highest BCUT2D eigenvalue weighted by Crippen LogP contribution is 2.33. The van der Waals surface area contributed by atoms with Crippen LogP contribution in [0.25, 0.3) is 0 Å². The first kappa shape index (κ1) is 20.0. The number of nitriles is 1. The number of rotatable bonds is 7. The second-order valence-corrected chi connectivity index (χ2v) is 8.91. The van der Waals surface area contributed by atoms with E-state index in [0.717, 1.165) is 54.5 Å². The molecule has 2 unspecified atom stereocenters. The van der Waals surface area contributed by atoms with Crippen molar-refractivity contribution in [3.63, 3.8) is 0 Å². The molecule has 2 bridgehead atoms. The van der Waals surface area contributed by atoms with Crippen molar-refractivity contribution >= 4 is 29.3 Å². The van der Waals surface area contributed by atoms with Gasteiger partial charge in [-0.2, -0.15) is 15.3 Å². The number of aromatic nitrogens is 4. The molecule has 4 N–H and O–H groups in total. The Bertz CT molecular complexity index is 862. The molecule has 0 aliphatic carbocycles. The van der Waals surface area contributed by atoms with Crippen LogP contribution in [0, 0.1) is 24.2 Å². The molecule has 2 aliphatic rings. The minimum absolute atomic E-state index is 0.362. The summed E-state index contributed by atoms with van der Waals surface area (Å²) in [5.41, 5.74) is 0.999. The third-order valence-corrected chi connectivity index (χ3v) is 6.34. The predicted molar refractivity (Wildman–Crippen MR) is 115 cm³/mol. The lowest BCUT2D eigenvalue weighted by molar-refractivity contribution is 0.171. The first-order valence-corrected chi connectivity index (χ1v) is 11.5. The maximum Gasteiger partial charge on any atom is 0.225 e. The first-order chi connectivity index (χ1) is 14.1. The summed E-state index contributed by atoms with van der Waals surface area (Å²) in [6.07, 6.45) is 8.17. The molecule has 29 heavy (non-hydrogen) atoms. The number of fused-ring (bicyclic) bond motifs is 2. The van der Waals surface area contributed by atoms with Gasteiger partial charge in [-0.1, -0.05) is 0 Å². The number of aromatic amines is 1. The molecule has 0 radical (unpaired) electrons. The highest BCUT2D eigenvalue weighted by molar-refractivity contribution is 7.98. The van der Waals surface area contributed by atoms with Crippen LogP contribution in [-0.4, -0.2) is 44.5 Å². The van der Waals surface area contributed by atoms with E-state index in [-0.39, 0.29) is 0 Å². The van der Waals surface area contributed by atoms with Crippen molar-refractivity contribution in [1.82, 2.24) is 25.5 Å². The maximum absolute atomic E-state index is 8.86. The van der Waals surface area contributed by atoms with E-state index in [2.05, 4.69) is 42.2 Å². The van der Waals surface area contributed by atoms with Crippen LogP contribution < -0.4 is 16.0 Å². The van der Waals surface area contributed by atoms with E-state index in [4.69, 9.17) is 5.26 Å². The minimum Gasteiger partial charge on any atom is -0.351 e. The predicted octanol–water partition coefficient (Wildman–Crippen LogP) is 3.59. The van der Waals surface area contributed by atoms with E-state index in [1.54, 1.807) is 11.8 Å². The summed E-state index contributed by atoms with van der Waals surface area (Å²) in [6, 6.07) is 7.57. The van der Waals surface area contributed by atoms with Crippen LogP contribution in [-0.2, 0) is 0 Å². The van der Waals surface area contributed by atoms with Gasteiger partial charge >= 0.3 is 0 Å². The molecule has 154 valence electrons. The zero-order valence-corrected chi connectivity index (χ0v) is 17.7. The molecule has 2 aliphatic heterocycles. The molecular formula is C20H28N8S. The van der Waals surface area contributed by atoms with Gasteiger partial charge in [0, 0.05) is 42.4 Å². The van der Waals surface area contributed by atoms with Gasteiger partial charge in [0.05, 0.1) is 6.07 Å². The molecule has 0 saturated carbocycles. The van der Waals surface area contributed by atoms with Crippen LogP contribution in [0.3, 0.4) is 0 Å². The molecule has 2 aromatic heterocycles. The molecule has 9 heteroatoms. The third-order valence-electron chi connectivity index (χ3n) is 5.72. The molecule has 4 heterocycles. The van der Waals surface area contributed by atoms with Crippen molar-refractivity contribution in [2.75, 3.05) is 16.9 Å². The Morgan fingerprint density at radius 3 is 2.62 bits per heavy atom. The normalized spacial score (nSPS) is 26.0. The van der Waals surface area contributed by atoms with Crippen LogP contribution in [0.5, 0.6) is 0 Å². The Labute approximate surface area is 175 Å². The SMILES string of the molecule is CSc1cc(Nc2cc(C)[nH]n2)nc(NC2CC3CC(CCC#N)CC(C2)N3)n1. The van der Waals surface area contributed by atoms with Crippen LogP contribution in [0.2, 0.25) is 0 Å². The summed E-state index contributed by atoms with van der Waals surface area (Å²) >= 11 is 1.60. The zero-order valence-electron chi connectivity index (χ0n) is 16.9. The summed E-state index contributed by atoms with van der Waals surface area (Å²) in [4.78, 5) is 9.33. The maximum atomic E-state index is 8.86. The van der Waals surface area contributed by atoms with E-state index in [9.17, 15) is 0 Å². The summed E-state index contributed by atoms with van der Waals surface area (Å²) in [5, 5.41) is 27.5. The van der Waals surface area contributed by atoms with Crippen molar-refractivity contribution < 1.29 is 0 Å². The molecule has 2 fully saturated rings. The van der Waals surface area contributed by atoms with Gasteiger partial charge in [-0.05, 0) is 51.2 Å². The largest absolute Gasteiger partial charge is 0.351 e. The molecule has 0 aromatic carbocycles. The number of anilines is 3. The minimum atomic E-state index is 0.362. The van der Waals surface area contributed by atoms with Crippen LogP contribution in [0.1, 0.15) is 44.2 Å². The van der Waals surface area contributed by atoms with Crippen molar-refractivity contribution in [1.29, 1.82) is 5.26 Å². The lowest BCUT2D eigenvalue weighted by Gasteiger charge is -2.43. The van der Waals surface area contributed by atoms with Crippen molar-refractivity contribution in [3.05, 3.63) is 17.8 Å². The lowest BCUT2D eigenvalue weighted by atomic mass is 9.77. The first-order valence-electron chi connectivity index (χ1n) is 10.2. The fraction of sp³-hybridized carbons (Fsp3) is 0.600. The van der Waals surface area contributed by atoms with E-state index in [0.29, 0.717) is 36.4 Å². The Balaban J connectivity index is 1.41. The number of hydrogen-bond donors (Lipinski definition) is 4. The van der Waals surface area contributed by atoms with Gasteiger partial charge in [0.1, 0.15) is 10.8 Å². The van der Waals surface area contributed by atoms with Gasteiger partial charge in [-0.25, -0.2) is 4.98 Å². The van der Waals surface area contributed by atoms with Crippen molar-refractivity contribution in [3.8, 4) is 6.07 Å². The second-order valence-electron chi connectivity index (χ2n) is 8.09. The second kappa shape index (κ2) is 9.01. The summed E-state index contributed by atoms with van der Waals surface area (Å²) < 4.78 is 0. The molecule has 2 saturated heterocycles. The van der Waals surface area contributed by atoms with Crippen molar-refractivity contribution in [2.45, 2.75) is 68.6 Å². The third kappa shape index (κ3) is 5.19. The molecule has 2 aromatic rings. The lowest BCUT2D eigenvalue weighted by Crippen LogP contribution is -2.54. The smallest absolute Gasteiger partial charge is 0.225 e. The number of thioether (sulfide) groups is 1. The number of nitrogens with one attached hydrogen (secondary N) is 4. The molecule has 0 amide bonds. The molecule has 8 nitrogen and oxygen atoms in total. The fourth-order valence-electron chi connectivity index (χ4n) is 4.56. The quantitative estimate of drug-likeness (QED) is 0.403. The number of nitrogens with zero attached hydrogens (tertiary/aromatic N) is 4. The monoisotopic (exact) mass is 412 g/mol. The fourth-order valence-corrected chi connectivity index (χ4v) is 4.97. The molecular weight excluding hydrogens is 384 g/mol. The van der Waals surface area contributed by atoms with Gasteiger partial charge in [0.15, 0.2) is 5.82 Å². The van der Waals surface area contributed by atoms with Gasteiger partial charge in [0.2, 0.25) is 5.95 Å². The Morgan fingerprint density at radius 1 is 1.17 bits per heavy atom. The Kier molecular flexibility index (Phi) is 6.21. The number of H-pyrrole nitrogens is 1. The van der Waals surface area contributed by atoms with Crippen LogP contribution in [0.15, 0.2) is 17.2 Å². The highest BCUT2D eigenvalue weighted by atomic mass is 32.2. The highest BCUT2D eigenvalue weighted by Gasteiger charge is 2.35. The Morgan fingerprint density at radius 2 is 1.97 bits per heavy atom. The molecule has 2 atom stereocenters. The van der Waals surface area contributed by atoms with Crippen LogP contribution in [0.4, 0.5) is 17.6 Å². The molecule has 0 spiro atoms. The molecule has 4 rings (SSSR count). The van der Waals surface area contributed by atoms with Crippen LogP contribution >= 0.6 is 11.8 Å². The average molecular weight is 413 g/mol. The van der Waals surface area contributed by atoms with E-state index in [1.165, 1.54) is 0 Å². The number of piperidine rings is 2. The van der Waals surface area contributed by atoms with E-state index < -0.39 is 0 Å². The van der Waals surface area contributed by atoms with Gasteiger partial charge in [0.25, 0.3) is 0 Å². The van der Waals surface area contributed by atoms with Gasteiger partial charge < -0.3 is 16.0 Å². The summed E-state index contributed by atoms with van der Waals surface area (Å²) in [7, 11) is 0. The summed E-state index contributed by atoms with van der Waals surface area (Å²) in [5.74, 6) is 2.83. The van der Waals surface area contributed by atoms with E-state index in [1.807, 2.05) is 25.3 Å². The number of aryl methyl sites for hydroxylation is 1. The topological polar surface area (TPSA) is 114 Å². The number of hydrogen-bond acceptors (Lipinski definition) is 8. The average Bonchev–Trinajstić information content (AvgIpc) is 3.10. The van der Waals surface area contributed by atoms with E-state index >= 15 is 0 Å². The van der Waals surface area contributed by atoms with Gasteiger partial charge in [-0.3, -0.25) is 5.10 Å². The van der Waals surface area contributed by atoms with Gasteiger partial charge in [-0.15, -0.1) is 11.8 Å². The summed E-state index contributed by atoms with van der Waals surface area (Å²) in [6.45, 7) is 1.97. The van der Waals surface area contributed by atoms with Crippen molar-refractivity contribution in [2.24, 2.45) is 5.92 Å². The Hall–Kier alpha value is -2.31. The standard InChI is InChI=1S/C20H28N8S/c1-12-6-18(28-27-12)24-17-11-19(29-2)26-20(25-17)23-16-9-14-7-13(4-3-5-21)8-15(10-16)22-14/h6,11,13-16,22H,3-4,7-10H2,1-2H3,(H3,23,24,25,26,27,28).